The van der Waals surface area contributed by atoms with Gasteiger partial charge in [0.25, 0.3) is 0 Å². The van der Waals surface area contributed by atoms with Crippen LogP contribution in [0.3, 0.4) is 0 Å². The summed E-state index contributed by atoms with van der Waals surface area (Å²) in [5, 5.41) is 2.49. The molecule has 2 aromatic rings. The van der Waals surface area contributed by atoms with Crippen LogP contribution in [0.1, 0.15) is 17.0 Å². The highest BCUT2D eigenvalue weighted by Crippen LogP contribution is 2.27. The summed E-state index contributed by atoms with van der Waals surface area (Å²) < 4.78 is 42.7. The van der Waals surface area contributed by atoms with E-state index < -0.39 is 29.8 Å². The van der Waals surface area contributed by atoms with Gasteiger partial charge in [-0.1, -0.05) is 36.4 Å². The van der Waals surface area contributed by atoms with Crippen LogP contribution in [-0.2, 0) is 33.3 Å². The van der Waals surface area contributed by atoms with E-state index in [1.54, 1.807) is 24.3 Å². The van der Waals surface area contributed by atoms with Crippen LogP contribution in [0, 0.1) is 0 Å². The molecule has 1 heterocycles. The topological polar surface area (TPSA) is 68.3 Å². The lowest BCUT2D eigenvalue weighted by molar-refractivity contribution is -0.145. The molecule has 0 aliphatic rings. The molecule has 1 N–H and O–H groups in total. The first-order chi connectivity index (χ1) is 12.3. The Morgan fingerprint density at radius 1 is 1.12 bits per heavy atom. The number of methoxy groups -OCH3 is 1. The number of hydrogen-bond acceptors (Lipinski definition) is 4. The first-order valence-corrected chi connectivity index (χ1v) is 7.74. The highest BCUT2D eigenvalue weighted by atomic mass is 19.4. The second-order valence-corrected chi connectivity index (χ2v) is 5.52. The molecular formula is C18H17F3N2O3. The SMILES string of the molecule is COC(=O)C(Cc1ccccc1)NC(=O)Cc1cccc(C(F)(F)F)n1. The van der Waals surface area contributed by atoms with Gasteiger partial charge in [0.15, 0.2) is 0 Å². The van der Waals surface area contributed by atoms with E-state index in [2.05, 4.69) is 15.0 Å². The molecule has 0 fully saturated rings. The van der Waals surface area contributed by atoms with Crippen molar-refractivity contribution in [3.63, 3.8) is 0 Å². The normalized spacial score (nSPS) is 12.3. The van der Waals surface area contributed by atoms with Crippen molar-refractivity contribution >= 4 is 11.9 Å². The van der Waals surface area contributed by atoms with Crippen molar-refractivity contribution in [3.05, 3.63) is 65.5 Å². The first-order valence-electron chi connectivity index (χ1n) is 7.74. The number of aromatic nitrogens is 1. The number of ether oxygens (including phenoxy) is 1. The zero-order valence-corrected chi connectivity index (χ0v) is 13.9. The smallest absolute Gasteiger partial charge is 0.433 e. The number of pyridine rings is 1. The molecule has 0 bridgehead atoms. The van der Waals surface area contributed by atoms with Crippen LogP contribution in [0.5, 0.6) is 0 Å². The summed E-state index contributed by atoms with van der Waals surface area (Å²) in [5.41, 5.74) is -0.308. The summed E-state index contributed by atoms with van der Waals surface area (Å²) in [7, 11) is 1.20. The van der Waals surface area contributed by atoms with Crippen molar-refractivity contribution in [1.82, 2.24) is 10.3 Å². The highest BCUT2D eigenvalue weighted by molar-refractivity contribution is 5.85. The molecule has 1 amide bonds. The monoisotopic (exact) mass is 366 g/mol. The van der Waals surface area contributed by atoms with Crippen molar-refractivity contribution in [2.75, 3.05) is 7.11 Å². The number of esters is 1. The van der Waals surface area contributed by atoms with E-state index >= 15 is 0 Å². The molecule has 0 radical (unpaired) electrons. The Hall–Kier alpha value is -2.90. The molecular weight excluding hydrogens is 349 g/mol. The van der Waals surface area contributed by atoms with Gasteiger partial charge in [0, 0.05) is 6.42 Å². The maximum Gasteiger partial charge on any atom is 0.433 e. The molecule has 26 heavy (non-hydrogen) atoms. The third-order valence-electron chi connectivity index (χ3n) is 3.54. The Kier molecular flexibility index (Phi) is 6.32. The van der Waals surface area contributed by atoms with Gasteiger partial charge in [-0.2, -0.15) is 13.2 Å². The van der Waals surface area contributed by atoms with Crippen LogP contribution in [0.15, 0.2) is 48.5 Å². The van der Waals surface area contributed by atoms with E-state index in [4.69, 9.17) is 0 Å². The van der Waals surface area contributed by atoms with Crippen LogP contribution >= 0.6 is 0 Å². The van der Waals surface area contributed by atoms with E-state index in [1.807, 2.05) is 6.07 Å². The minimum absolute atomic E-state index is 0.0411. The Morgan fingerprint density at radius 2 is 1.81 bits per heavy atom. The summed E-state index contributed by atoms with van der Waals surface area (Å²) in [4.78, 5) is 27.5. The fourth-order valence-corrected chi connectivity index (χ4v) is 2.33. The number of nitrogens with one attached hydrogen (secondary N) is 1. The van der Waals surface area contributed by atoms with Gasteiger partial charge in [-0.15, -0.1) is 0 Å². The summed E-state index contributed by atoms with van der Waals surface area (Å²) >= 11 is 0. The number of carbonyl (C=O) groups excluding carboxylic acids is 2. The van der Waals surface area contributed by atoms with Crippen LogP contribution in [0.4, 0.5) is 13.2 Å². The molecule has 1 unspecified atom stereocenters. The van der Waals surface area contributed by atoms with Crippen molar-refractivity contribution in [2.24, 2.45) is 0 Å². The molecule has 8 heteroatoms. The summed E-state index contributed by atoms with van der Waals surface area (Å²) in [6.45, 7) is 0. The average Bonchev–Trinajstić information content (AvgIpc) is 2.61. The fourth-order valence-electron chi connectivity index (χ4n) is 2.33. The van der Waals surface area contributed by atoms with E-state index in [-0.39, 0.29) is 18.5 Å². The zero-order valence-electron chi connectivity index (χ0n) is 13.9. The molecule has 0 saturated carbocycles. The molecule has 5 nitrogen and oxygen atoms in total. The minimum Gasteiger partial charge on any atom is -0.467 e. The van der Waals surface area contributed by atoms with Gasteiger partial charge < -0.3 is 10.1 Å². The number of carbonyl (C=O) groups is 2. The first kappa shape index (κ1) is 19.4. The lowest BCUT2D eigenvalue weighted by Gasteiger charge is -2.16. The zero-order chi connectivity index (χ0) is 19.2. The van der Waals surface area contributed by atoms with E-state index in [1.165, 1.54) is 19.2 Å². The van der Waals surface area contributed by atoms with Gasteiger partial charge in [-0.25, -0.2) is 9.78 Å². The molecule has 2 rings (SSSR count). The van der Waals surface area contributed by atoms with Gasteiger partial charge in [0.2, 0.25) is 5.91 Å². The summed E-state index contributed by atoms with van der Waals surface area (Å²) in [6.07, 6.45) is -4.77. The van der Waals surface area contributed by atoms with Gasteiger partial charge in [-0.3, -0.25) is 4.79 Å². The van der Waals surface area contributed by atoms with Gasteiger partial charge in [0.05, 0.1) is 19.2 Å². The number of amides is 1. The van der Waals surface area contributed by atoms with E-state index in [0.717, 1.165) is 11.6 Å². The second-order valence-electron chi connectivity index (χ2n) is 5.52. The Morgan fingerprint density at radius 3 is 2.42 bits per heavy atom. The molecule has 0 saturated heterocycles. The van der Waals surface area contributed by atoms with E-state index in [9.17, 15) is 22.8 Å². The molecule has 138 valence electrons. The highest BCUT2D eigenvalue weighted by Gasteiger charge is 2.32. The molecule has 0 spiro atoms. The average molecular weight is 366 g/mol. The Labute approximate surface area is 148 Å². The maximum absolute atomic E-state index is 12.7. The van der Waals surface area contributed by atoms with Gasteiger partial charge in [0.1, 0.15) is 11.7 Å². The Bertz CT molecular complexity index is 764. The summed E-state index contributed by atoms with van der Waals surface area (Å²) in [6, 6.07) is 11.4. The van der Waals surface area contributed by atoms with Crippen molar-refractivity contribution in [2.45, 2.75) is 25.1 Å². The third kappa shape index (κ3) is 5.58. The van der Waals surface area contributed by atoms with Crippen LogP contribution in [0.2, 0.25) is 0 Å². The summed E-state index contributed by atoms with van der Waals surface area (Å²) in [5.74, 6) is -1.26. The molecule has 1 atom stereocenters. The van der Waals surface area contributed by atoms with Crippen molar-refractivity contribution in [1.29, 1.82) is 0 Å². The van der Waals surface area contributed by atoms with E-state index in [0.29, 0.717) is 0 Å². The standard InChI is InChI=1S/C18H17F3N2O3/c1-26-17(25)14(10-12-6-3-2-4-7-12)23-16(24)11-13-8-5-9-15(22-13)18(19,20)21/h2-9,14H,10-11H2,1H3,(H,23,24). The largest absolute Gasteiger partial charge is 0.467 e. The number of hydrogen-bond donors (Lipinski definition) is 1. The molecule has 1 aromatic heterocycles. The van der Waals surface area contributed by atoms with Gasteiger partial charge in [-0.05, 0) is 17.7 Å². The van der Waals surface area contributed by atoms with Crippen LogP contribution in [0.25, 0.3) is 0 Å². The Balaban J connectivity index is 2.06. The number of alkyl halides is 3. The molecule has 0 aliphatic carbocycles. The third-order valence-corrected chi connectivity index (χ3v) is 3.54. The number of benzene rings is 1. The lowest BCUT2D eigenvalue weighted by Crippen LogP contribution is -2.43. The number of nitrogens with zero attached hydrogens (tertiary/aromatic N) is 1. The molecule has 1 aromatic carbocycles. The van der Waals surface area contributed by atoms with Crippen LogP contribution < -0.4 is 5.32 Å². The maximum atomic E-state index is 12.7. The van der Waals surface area contributed by atoms with Gasteiger partial charge >= 0.3 is 12.1 Å². The predicted octanol–water partition coefficient (Wildman–Crippen LogP) is 2.54. The molecule has 0 aliphatic heterocycles. The lowest BCUT2D eigenvalue weighted by atomic mass is 10.1. The number of halogens is 3. The van der Waals surface area contributed by atoms with Crippen molar-refractivity contribution in [3.8, 4) is 0 Å². The van der Waals surface area contributed by atoms with Crippen molar-refractivity contribution < 1.29 is 27.5 Å². The minimum atomic E-state index is -4.59. The fraction of sp³-hybridized carbons (Fsp3) is 0.278. The number of rotatable bonds is 6. The second kappa shape index (κ2) is 8.46. The van der Waals surface area contributed by atoms with Crippen LogP contribution in [-0.4, -0.2) is 30.0 Å². The quantitative estimate of drug-likeness (QED) is 0.798. The predicted molar refractivity (Wildman–Crippen MR) is 87.0 cm³/mol.